The molecule has 1 N–H and O–H groups in total. The van der Waals surface area contributed by atoms with E-state index in [9.17, 15) is 8.42 Å². The van der Waals surface area contributed by atoms with Crippen LogP contribution in [0.5, 0.6) is 11.5 Å². The molecule has 0 aromatic heterocycles. The molecule has 0 fully saturated rings. The third-order valence-corrected chi connectivity index (χ3v) is 5.44. The Labute approximate surface area is 171 Å². The summed E-state index contributed by atoms with van der Waals surface area (Å²) in [4.78, 5) is 2.26. The van der Waals surface area contributed by atoms with Crippen LogP contribution in [0.25, 0.3) is 0 Å². The van der Waals surface area contributed by atoms with Gasteiger partial charge in [0.15, 0.2) is 11.5 Å². The van der Waals surface area contributed by atoms with Crippen LogP contribution in [0.15, 0.2) is 52.5 Å². The van der Waals surface area contributed by atoms with E-state index >= 15 is 0 Å². The molecule has 2 aromatic carbocycles. The molecule has 152 valence electrons. The van der Waals surface area contributed by atoms with Crippen LogP contribution in [0.1, 0.15) is 38.2 Å². The van der Waals surface area contributed by atoms with Crippen LogP contribution in [-0.2, 0) is 10.0 Å². The Balaban J connectivity index is 1.98. The van der Waals surface area contributed by atoms with Gasteiger partial charge in [0.2, 0.25) is 0 Å². The fourth-order valence-corrected chi connectivity index (χ4v) is 3.35. The van der Waals surface area contributed by atoms with E-state index in [1.54, 1.807) is 25.3 Å². The highest BCUT2D eigenvalue weighted by atomic mass is 35.5. The number of benzene rings is 2. The van der Waals surface area contributed by atoms with Crippen molar-refractivity contribution in [3.63, 3.8) is 0 Å². The van der Waals surface area contributed by atoms with Crippen molar-refractivity contribution in [2.75, 3.05) is 13.7 Å². The van der Waals surface area contributed by atoms with Crippen molar-refractivity contribution >= 4 is 27.8 Å². The van der Waals surface area contributed by atoms with E-state index in [-0.39, 0.29) is 4.90 Å². The van der Waals surface area contributed by atoms with E-state index < -0.39 is 10.0 Å². The maximum Gasteiger partial charge on any atom is 0.276 e. The number of halogens is 1. The number of nitrogens with zero attached hydrogens (tertiary/aromatic N) is 1. The molecule has 0 aliphatic heterocycles. The average Bonchev–Trinajstić information content (AvgIpc) is 2.68. The quantitative estimate of drug-likeness (QED) is 0.324. The Morgan fingerprint density at radius 1 is 1.07 bits per heavy atom. The molecule has 28 heavy (non-hydrogen) atoms. The first kappa shape index (κ1) is 22.0. The molecule has 6 nitrogen and oxygen atoms in total. The number of hydrogen-bond donors (Lipinski definition) is 1. The van der Waals surface area contributed by atoms with Gasteiger partial charge < -0.3 is 9.47 Å². The van der Waals surface area contributed by atoms with Crippen LogP contribution in [0.3, 0.4) is 0 Å². The topological polar surface area (TPSA) is 77.0 Å². The highest BCUT2D eigenvalue weighted by Gasteiger charge is 2.12. The van der Waals surface area contributed by atoms with E-state index in [0.29, 0.717) is 28.7 Å². The maximum absolute atomic E-state index is 12.2. The lowest BCUT2D eigenvalue weighted by Crippen LogP contribution is -2.18. The summed E-state index contributed by atoms with van der Waals surface area (Å²) in [6.07, 6.45) is 5.91. The Bertz CT molecular complexity index is 884. The molecule has 0 heterocycles. The summed E-state index contributed by atoms with van der Waals surface area (Å²) in [5.74, 6) is 1.22. The molecule has 0 aliphatic carbocycles. The zero-order valence-corrected chi connectivity index (χ0v) is 17.6. The van der Waals surface area contributed by atoms with E-state index in [1.807, 2.05) is 0 Å². The molecule has 2 aromatic rings. The minimum Gasteiger partial charge on any atom is -0.493 e. The summed E-state index contributed by atoms with van der Waals surface area (Å²) in [5, 5.41) is 4.28. The molecular weight excluding hydrogens is 400 g/mol. The normalized spacial score (nSPS) is 11.5. The summed E-state index contributed by atoms with van der Waals surface area (Å²) in [7, 11) is -2.19. The summed E-state index contributed by atoms with van der Waals surface area (Å²) >= 11 is 5.77. The molecule has 0 radical (unpaired) electrons. The molecule has 0 amide bonds. The third-order valence-electron chi connectivity index (χ3n) is 3.95. The lowest BCUT2D eigenvalue weighted by molar-refractivity contribution is 0.285. The Morgan fingerprint density at radius 2 is 1.82 bits per heavy atom. The van der Waals surface area contributed by atoms with Crippen molar-refractivity contribution in [1.82, 2.24) is 4.83 Å². The van der Waals surface area contributed by atoms with Gasteiger partial charge in [-0.15, -0.1) is 0 Å². The molecule has 0 bridgehead atoms. The first-order valence-corrected chi connectivity index (χ1v) is 10.9. The average molecular weight is 425 g/mol. The van der Waals surface area contributed by atoms with Gasteiger partial charge in [-0.05, 0) is 54.4 Å². The highest BCUT2D eigenvalue weighted by molar-refractivity contribution is 7.89. The van der Waals surface area contributed by atoms with Crippen LogP contribution in [0.4, 0.5) is 0 Å². The van der Waals surface area contributed by atoms with Gasteiger partial charge >= 0.3 is 0 Å². The van der Waals surface area contributed by atoms with Crippen LogP contribution in [0, 0.1) is 0 Å². The molecule has 0 unspecified atom stereocenters. The van der Waals surface area contributed by atoms with Crippen LogP contribution in [-0.4, -0.2) is 28.3 Å². The largest absolute Gasteiger partial charge is 0.493 e. The summed E-state index contributed by atoms with van der Waals surface area (Å²) in [5.41, 5.74) is 0.675. The van der Waals surface area contributed by atoms with Crippen molar-refractivity contribution in [3.8, 4) is 11.5 Å². The number of methoxy groups -OCH3 is 1. The zero-order valence-electron chi connectivity index (χ0n) is 16.0. The Hall–Kier alpha value is -2.25. The van der Waals surface area contributed by atoms with Gasteiger partial charge in [0.1, 0.15) is 0 Å². The lowest BCUT2D eigenvalue weighted by atomic mass is 10.2. The molecule has 0 saturated carbocycles. The van der Waals surface area contributed by atoms with Crippen molar-refractivity contribution < 1.29 is 17.9 Å². The monoisotopic (exact) mass is 424 g/mol. The number of hydrazone groups is 1. The van der Waals surface area contributed by atoms with Gasteiger partial charge in [-0.2, -0.15) is 13.5 Å². The molecule has 0 saturated heterocycles. The maximum atomic E-state index is 12.2. The van der Waals surface area contributed by atoms with Crippen LogP contribution < -0.4 is 14.3 Å². The fraction of sp³-hybridized carbons (Fsp3) is 0.350. The smallest absolute Gasteiger partial charge is 0.276 e. The van der Waals surface area contributed by atoms with Crippen molar-refractivity contribution in [2.45, 2.75) is 37.5 Å². The molecule has 2 rings (SSSR count). The number of unbranched alkanes of at least 4 members (excludes halogenated alkanes) is 3. The van der Waals surface area contributed by atoms with Gasteiger partial charge in [-0.1, -0.05) is 37.8 Å². The second-order valence-electron chi connectivity index (χ2n) is 6.13. The van der Waals surface area contributed by atoms with E-state index in [0.717, 1.165) is 12.8 Å². The van der Waals surface area contributed by atoms with Gasteiger partial charge in [-0.3, -0.25) is 0 Å². The third kappa shape index (κ3) is 6.73. The van der Waals surface area contributed by atoms with Crippen molar-refractivity contribution in [3.05, 3.63) is 53.1 Å². The van der Waals surface area contributed by atoms with Gasteiger partial charge in [0.25, 0.3) is 10.0 Å². The Kier molecular flexibility index (Phi) is 8.60. The van der Waals surface area contributed by atoms with Crippen molar-refractivity contribution in [1.29, 1.82) is 0 Å². The van der Waals surface area contributed by atoms with Crippen LogP contribution in [0.2, 0.25) is 5.02 Å². The fourth-order valence-electron chi connectivity index (χ4n) is 2.43. The first-order chi connectivity index (χ1) is 13.5. The second kappa shape index (κ2) is 10.9. The van der Waals surface area contributed by atoms with E-state index in [1.165, 1.54) is 43.3 Å². The summed E-state index contributed by atoms with van der Waals surface area (Å²) < 4.78 is 35.5. The molecular formula is C20H25ClN2O4S. The standard InChI is InChI=1S/C20H25ClN2O4S/c1-3-4-5-6-13-27-19-12-7-16(14-20(19)26-2)15-22-23-28(24,25)18-10-8-17(21)9-11-18/h7-12,14-15,23H,3-6,13H2,1-2H3/b22-15+. The predicted molar refractivity (Wildman–Crippen MR) is 112 cm³/mol. The second-order valence-corrected chi connectivity index (χ2v) is 8.22. The number of ether oxygens (including phenoxy) is 2. The number of nitrogens with one attached hydrogen (secondary N) is 1. The number of rotatable bonds is 11. The molecule has 8 heteroatoms. The minimum atomic E-state index is -3.75. The molecule has 0 aliphatic rings. The number of hydrogen-bond acceptors (Lipinski definition) is 5. The SMILES string of the molecule is CCCCCCOc1ccc(/C=N/NS(=O)(=O)c2ccc(Cl)cc2)cc1OC. The first-order valence-electron chi connectivity index (χ1n) is 9.07. The van der Waals surface area contributed by atoms with Crippen LogP contribution >= 0.6 is 11.6 Å². The van der Waals surface area contributed by atoms with Crippen molar-refractivity contribution in [2.24, 2.45) is 5.10 Å². The number of sulfonamides is 1. The predicted octanol–water partition coefficient (Wildman–Crippen LogP) is 4.62. The van der Waals surface area contributed by atoms with Gasteiger partial charge in [-0.25, -0.2) is 4.83 Å². The molecule has 0 spiro atoms. The lowest BCUT2D eigenvalue weighted by Gasteiger charge is -2.11. The zero-order chi connectivity index (χ0) is 20.4. The minimum absolute atomic E-state index is 0.0819. The molecule has 0 atom stereocenters. The Morgan fingerprint density at radius 3 is 2.50 bits per heavy atom. The summed E-state index contributed by atoms with van der Waals surface area (Å²) in [6.45, 7) is 2.80. The van der Waals surface area contributed by atoms with Gasteiger partial charge in [0, 0.05) is 5.02 Å². The van der Waals surface area contributed by atoms with Gasteiger partial charge in [0.05, 0.1) is 24.8 Å². The highest BCUT2D eigenvalue weighted by Crippen LogP contribution is 2.27. The van der Waals surface area contributed by atoms with E-state index in [4.69, 9.17) is 21.1 Å². The van der Waals surface area contributed by atoms with E-state index in [2.05, 4.69) is 16.9 Å². The summed E-state index contributed by atoms with van der Waals surface area (Å²) in [6, 6.07) is 11.1.